The number of carbonyl (C=O) groups excluding carboxylic acids is 4. The molecule has 0 bridgehead atoms. The molecule has 42 heavy (non-hydrogen) atoms. The van der Waals surface area contributed by atoms with Gasteiger partial charge in [0.25, 0.3) is 0 Å². The zero-order valence-electron chi connectivity index (χ0n) is 23.4. The van der Waals surface area contributed by atoms with E-state index in [4.69, 9.17) is 25.2 Å². The smallest absolute Gasteiger partial charge is 0.321 e. The molecule has 3 fully saturated rings. The van der Waals surface area contributed by atoms with E-state index in [2.05, 4.69) is 5.32 Å². The average Bonchev–Trinajstić information content (AvgIpc) is 3.51. The molecular formula is C30H36N6O6. The number of aldehydes is 1. The SMILES string of the molecule is NC(=O)N1CCCC/C=C/C2CC2(C=O)NC(=O)C2CC(Oc3nc(N4CCOCC4)nc4ccccc34)CC2C1=O. The van der Waals surface area contributed by atoms with Gasteiger partial charge < -0.3 is 30.2 Å². The van der Waals surface area contributed by atoms with Crippen LogP contribution in [0.1, 0.15) is 38.5 Å². The maximum absolute atomic E-state index is 13.8. The molecule has 2 saturated carbocycles. The minimum Gasteiger partial charge on any atom is -0.474 e. The van der Waals surface area contributed by atoms with Crippen molar-refractivity contribution in [2.75, 3.05) is 37.7 Å². The summed E-state index contributed by atoms with van der Waals surface area (Å²) in [5.41, 5.74) is 5.38. The van der Waals surface area contributed by atoms with Crippen LogP contribution in [0.3, 0.4) is 0 Å². The summed E-state index contributed by atoms with van der Waals surface area (Å²) in [5, 5.41) is 3.65. The topological polar surface area (TPSA) is 157 Å². The highest BCUT2D eigenvalue weighted by Gasteiger charge is 2.56. The lowest BCUT2D eigenvalue weighted by Crippen LogP contribution is -2.49. The second-order valence-electron chi connectivity index (χ2n) is 11.6. The number of nitrogens with two attached hydrogens (primary N) is 1. The van der Waals surface area contributed by atoms with Crippen molar-refractivity contribution in [3.05, 3.63) is 36.4 Å². The minimum atomic E-state index is -0.969. The Bertz CT molecular complexity index is 1410. The Hall–Kier alpha value is -4.06. The quantitative estimate of drug-likeness (QED) is 0.410. The summed E-state index contributed by atoms with van der Waals surface area (Å²) in [4.78, 5) is 64.4. The van der Waals surface area contributed by atoms with Crippen LogP contribution in [0.5, 0.6) is 5.88 Å². The number of benzene rings is 1. The summed E-state index contributed by atoms with van der Waals surface area (Å²) in [6.07, 6.45) is 7.23. The van der Waals surface area contributed by atoms with E-state index < -0.39 is 41.3 Å². The minimum absolute atomic E-state index is 0.0717. The number of nitrogens with one attached hydrogen (secondary N) is 1. The van der Waals surface area contributed by atoms with Crippen LogP contribution < -0.4 is 20.7 Å². The highest BCUT2D eigenvalue weighted by molar-refractivity contribution is 5.98. The van der Waals surface area contributed by atoms with E-state index in [0.29, 0.717) is 51.0 Å². The van der Waals surface area contributed by atoms with Gasteiger partial charge in [-0.25, -0.2) is 9.78 Å². The lowest BCUT2D eigenvalue weighted by Gasteiger charge is -2.27. The molecule has 4 aliphatic rings. The highest BCUT2D eigenvalue weighted by atomic mass is 16.5. The molecular weight excluding hydrogens is 540 g/mol. The van der Waals surface area contributed by atoms with Gasteiger partial charge in [0.1, 0.15) is 17.9 Å². The summed E-state index contributed by atoms with van der Waals surface area (Å²) >= 11 is 0. The molecule has 5 unspecified atom stereocenters. The second kappa shape index (κ2) is 11.7. The molecule has 222 valence electrons. The van der Waals surface area contributed by atoms with Crippen LogP contribution in [-0.4, -0.2) is 83.5 Å². The number of hydrogen-bond donors (Lipinski definition) is 2. The number of nitrogens with zero attached hydrogens (tertiary/aromatic N) is 4. The van der Waals surface area contributed by atoms with Gasteiger partial charge in [0.15, 0.2) is 0 Å². The number of carbonyl (C=O) groups is 4. The summed E-state index contributed by atoms with van der Waals surface area (Å²) in [6.45, 7) is 2.63. The zero-order chi connectivity index (χ0) is 29.3. The van der Waals surface area contributed by atoms with Gasteiger partial charge >= 0.3 is 6.03 Å². The number of fused-ring (bicyclic) bond motifs is 3. The van der Waals surface area contributed by atoms with Crippen LogP contribution in [-0.2, 0) is 19.1 Å². The number of hydrogen-bond acceptors (Lipinski definition) is 9. The second-order valence-corrected chi connectivity index (χ2v) is 11.6. The first-order valence-corrected chi connectivity index (χ1v) is 14.7. The fraction of sp³-hybridized carbons (Fsp3) is 0.533. The van der Waals surface area contributed by atoms with Gasteiger partial charge in [-0.2, -0.15) is 4.98 Å². The van der Waals surface area contributed by atoms with Crippen molar-refractivity contribution in [2.24, 2.45) is 23.5 Å². The fourth-order valence-corrected chi connectivity index (χ4v) is 6.34. The lowest BCUT2D eigenvalue weighted by atomic mass is 9.93. The largest absolute Gasteiger partial charge is 0.474 e. The number of urea groups is 1. The van der Waals surface area contributed by atoms with Crippen LogP contribution in [0.15, 0.2) is 36.4 Å². The van der Waals surface area contributed by atoms with Gasteiger partial charge in [-0.1, -0.05) is 24.3 Å². The molecule has 2 aromatic rings. The number of morpholine rings is 1. The predicted octanol–water partition coefficient (Wildman–Crippen LogP) is 1.96. The number of imide groups is 1. The fourth-order valence-electron chi connectivity index (χ4n) is 6.34. The number of para-hydroxylation sites is 1. The molecule has 12 heteroatoms. The Balaban J connectivity index is 1.30. The van der Waals surface area contributed by atoms with E-state index in [1.54, 1.807) is 0 Å². The van der Waals surface area contributed by atoms with Crippen LogP contribution in [0.25, 0.3) is 10.9 Å². The predicted molar refractivity (Wildman–Crippen MR) is 153 cm³/mol. The number of allylic oxidation sites excluding steroid dienone is 1. The Morgan fingerprint density at radius 3 is 2.67 bits per heavy atom. The number of aromatic nitrogens is 2. The van der Waals surface area contributed by atoms with Crippen molar-refractivity contribution in [3.8, 4) is 5.88 Å². The van der Waals surface area contributed by atoms with E-state index in [1.165, 1.54) is 0 Å². The Labute approximate surface area is 243 Å². The first-order valence-electron chi connectivity index (χ1n) is 14.7. The first-order chi connectivity index (χ1) is 20.4. The van der Waals surface area contributed by atoms with E-state index >= 15 is 0 Å². The van der Waals surface area contributed by atoms with Gasteiger partial charge in [0.2, 0.25) is 23.6 Å². The standard InChI is InChI=1S/C30H36N6O6/c31-28(40)36-10-6-2-1-3-7-19-17-30(19,18-37)34-25(38)22-15-20(16-23(22)27(36)39)42-26-21-8-4-5-9-24(21)32-29(33-26)35-11-13-41-14-12-35/h3-5,7-9,18-20,22-23H,1-2,6,10-17H2,(H2,31,40)(H,34,38)/b7-3+. The third-order valence-corrected chi connectivity index (χ3v) is 8.83. The molecule has 3 N–H and O–H groups in total. The summed E-state index contributed by atoms with van der Waals surface area (Å²) < 4.78 is 11.9. The Morgan fingerprint density at radius 2 is 1.88 bits per heavy atom. The number of amides is 4. The number of primary amides is 1. The lowest BCUT2D eigenvalue weighted by molar-refractivity contribution is -0.139. The maximum atomic E-state index is 13.8. The third kappa shape index (κ3) is 5.55. The van der Waals surface area contributed by atoms with Crippen molar-refractivity contribution in [2.45, 2.75) is 50.2 Å². The number of rotatable bonds is 4. The van der Waals surface area contributed by atoms with Crippen molar-refractivity contribution < 1.29 is 28.7 Å². The molecule has 0 spiro atoms. The molecule has 5 atom stereocenters. The first kappa shape index (κ1) is 28.1. The summed E-state index contributed by atoms with van der Waals surface area (Å²) in [6, 6.07) is 6.70. The van der Waals surface area contributed by atoms with E-state index in [9.17, 15) is 19.2 Å². The monoisotopic (exact) mass is 576 g/mol. The molecule has 12 nitrogen and oxygen atoms in total. The zero-order valence-corrected chi connectivity index (χ0v) is 23.4. The van der Waals surface area contributed by atoms with Crippen LogP contribution >= 0.6 is 0 Å². The summed E-state index contributed by atoms with van der Waals surface area (Å²) in [7, 11) is 0. The van der Waals surface area contributed by atoms with Crippen molar-refractivity contribution in [3.63, 3.8) is 0 Å². The Kier molecular flexibility index (Phi) is 7.80. The summed E-state index contributed by atoms with van der Waals surface area (Å²) in [5.74, 6) is -1.71. The number of ether oxygens (including phenoxy) is 2. The molecule has 4 amide bonds. The van der Waals surface area contributed by atoms with E-state index in [1.807, 2.05) is 41.3 Å². The molecule has 2 aliphatic carbocycles. The molecule has 6 rings (SSSR count). The van der Waals surface area contributed by atoms with Crippen LogP contribution in [0.4, 0.5) is 10.7 Å². The molecule has 1 aromatic carbocycles. The van der Waals surface area contributed by atoms with Crippen LogP contribution in [0.2, 0.25) is 0 Å². The van der Waals surface area contributed by atoms with Gasteiger partial charge in [-0.05, 0) is 50.7 Å². The van der Waals surface area contributed by atoms with Gasteiger partial charge in [0, 0.05) is 25.6 Å². The third-order valence-electron chi connectivity index (χ3n) is 8.83. The molecule has 3 heterocycles. The van der Waals surface area contributed by atoms with Gasteiger partial charge in [-0.15, -0.1) is 0 Å². The van der Waals surface area contributed by atoms with Gasteiger partial charge in [0.05, 0.1) is 36.0 Å². The van der Waals surface area contributed by atoms with E-state index in [0.717, 1.165) is 34.9 Å². The molecule has 1 aromatic heterocycles. The van der Waals surface area contributed by atoms with Crippen LogP contribution in [0, 0.1) is 17.8 Å². The number of anilines is 1. The average molecular weight is 577 g/mol. The molecule has 1 saturated heterocycles. The van der Waals surface area contributed by atoms with Crippen molar-refractivity contribution in [1.82, 2.24) is 20.2 Å². The molecule has 0 radical (unpaired) electrons. The highest BCUT2D eigenvalue weighted by Crippen LogP contribution is 2.45. The van der Waals surface area contributed by atoms with Crippen molar-refractivity contribution in [1.29, 1.82) is 0 Å². The van der Waals surface area contributed by atoms with E-state index in [-0.39, 0.29) is 25.3 Å². The van der Waals surface area contributed by atoms with Crippen molar-refractivity contribution >= 4 is 41.0 Å². The van der Waals surface area contributed by atoms with Gasteiger partial charge in [-0.3, -0.25) is 14.5 Å². The normalized spacial score (nSPS) is 31.0. The Morgan fingerprint density at radius 1 is 1.10 bits per heavy atom. The maximum Gasteiger partial charge on any atom is 0.321 e. The molecule has 2 aliphatic heterocycles.